The number of rotatable bonds is 2. The van der Waals surface area contributed by atoms with Crippen molar-refractivity contribution in [2.45, 2.75) is 20.8 Å². The molecule has 0 nitrogen and oxygen atoms in total. The molecule has 0 heterocycles. The Morgan fingerprint density at radius 2 is 1.80 bits per heavy atom. The molecule has 1 heteroatoms. The summed E-state index contributed by atoms with van der Waals surface area (Å²) in [7, 11) is 0. The van der Waals surface area contributed by atoms with Crippen LogP contribution in [0, 0.1) is 0 Å². The quantitative estimate of drug-likeness (QED) is 0.516. The minimum atomic E-state index is -0.249. The smallest absolute Gasteiger partial charge is 0.125 e. The molecule has 0 aliphatic carbocycles. The molecule has 0 N–H and O–H groups in total. The first-order chi connectivity index (χ1) is 4.57. The van der Waals surface area contributed by atoms with Crippen LogP contribution < -0.4 is 0 Å². The number of hydrogen-bond donors (Lipinski definition) is 0. The van der Waals surface area contributed by atoms with Crippen LogP contribution in [-0.4, -0.2) is 0 Å². The van der Waals surface area contributed by atoms with Crippen molar-refractivity contribution in [1.29, 1.82) is 0 Å². The Balaban J connectivity index is 4.48. The average molecular weight is 140 g/mol. The molecule has 0 bridgehead atoms. The number of halogens is 1. The van der Waals surface area contributed by atoms with E-state index in [4.69, 9.17) is 0 Å². The third-order valence-electron chi connectivity index (χ3n) is 1.06. The minimum Gasteiger partial charge on any atom is -0.207 e. The molecule has 0 aromatic carbocycles. The van der Waals surface area contributed by atoms with Crippen LogP contribution in [0.2, 0.25) is 0 Å². The highest BCUT2D eigenvalue weighted by molar-refractivity contribution is 5.27. The number of allylic oxidation sites excluding steroid dienone is 5. The maximum atomic E-state index is 12.6. The van der Waals surface area contributed by atoms with Gasteiger partial charge in [0.25, 0.3) is 0 Å². The van der Waals surface area contributed by atoms with Gasteiger partial charge in [-0.3, -0.25) is 0 Å². The molecule has 0 atom stereocenters. The van der Waals surface area contributed by atoms with Gasteiger partial charge in [0.15, 0.2) is 0 Å². The van der Waals surface area contributed by atoms with Gasteiger partial charge in [0.05, 0.1) is 0 Å². The summed E-state index contributed by atoms with van der Waals surface area (Å²) in [6.07, 6.45) is 3.01. The molecule has 0 aromatic heterocycles. The highest BCUT2D eigenvalue weighted by Crippen LogP contribution is 2.09. The molecule has 0 spiro atoms. The number of hydrogen-bond acceptors (Lipinski definition) is 0. The van der Waals surface area contributed by atoms with E-state index in [9.17, 15) is 4.39 Å². The SMILES string of the molecule is C=CC(F)=C(C)C=C(C)C. The summed E-state index contributed by atoms with van der Waals surface area (Å²) in [5, 5.41) is 0. The van der Waals surface area contributed by atoms with Crippen LogP contribution in [0.3, 0.4) is 0 Å². The lowest BCUT2D eigenvalue weighted by Gasteiger charge is -1.93. The van der Waals surface area contributed by atoms with Crippen LogP contribution in [0.15, 0.2) is 35.7 Å². The summed E-state index contributed by atoms with van der Waals surface area (Å²) in [5.74, 6) is -0.249. The van der Waals surface area contributed by atoms with E-state index in [2.05, 4.69) is 6.58 Å². The van der Waals surface area contributed by atoms with Gasteiger partial charge in [-0.25, -0.2) is 4.39 Å². The Hall–Kier alpha value is -0.850. The van der Waals surface area contributed by atoms with E-state index in [0.717, 1.165) is 5.57 Å². The summed E-state index contributed by atoms with van der Waals surface area (Å²) in [4.78, 5) is 0. The lowest BCUT2D eigenvalue weighted by atomic mass is 10.2. The zero-order chi connectivity index (χ0) is 8.15. The summed E-state index contributed by atoms with van der Waals surface area (Å²) in [5.41, 5.74) is 1.73. The van der Waals surface area contributed by atoms with Crippen LogP contribution in [0.4, 0.5) is 4.39 Å². The highest BCUT2D eigenvalue weighted by atomic mass is 19.1. The van der Waals surface area contributed by atoms with Gasteiger partial charge in [-0.1, -0.05) is 18.2 Å². The van der Waals surface area contributed by atoms with Gasteiger partial charge < -0.3 is 0 Å². The molecule has 0 aliphatic rings. The molecule has 10 heavy (non-hydrogen) atoms. The second-order valence-corrected chi connectivity index (χ2v) is 2.46. The van der Waals surface area contributed by atoms with E-state index in [1.807, 2.05) is 13.8 Å². The molecule has 56 valence electrons. The molecular weight excluding hydrogens is 127 g/mol. The Morgan fingerprint density at radius 1 is 1.30 bits per heavy atom. The molecule has 0 unspecified atom stereocenters. The van der Waals surface area contributed by atoms with E-state index >= 15 is 0 Å². The summed E-state index contributed by atoms with van der Waals surface area (Å²) >= 11 is 0. The lowest BCUT2D eigenvalue weighted by molar-refractivity contribution is 0.658. The van der Waals surface area contributed by atoms with Gasteiger partial charge in [0.1, 0.15) is 5.83 Å². The Morgan fingerprint density at radius 3 is 2.10 bits per heavy atom. The first-order valence-electron chi connectivity index (χ1n) is 3.21. The molecule has 0 rings (SSSR count). The zero-order valence-corrected chi connectivity index (χ0v) is 6.74. The van der Waals surface area contributed by atoms with Gasteiger partial charge in [0, 0.05) is 0 Å². The van der Waals surface area contributed by atoms with E-state index in [-0.39, 0.29) is 5.83 Å². The molecule has 0 aliphatic heterocycles. The summed E-state index contributed by atoms with van der Waals surface area (Å²) in [6.45, 7) is 8.91. The van der Waals surface area contributed by atoms with E-state index in [0.29, 0.717) is 5.57 Å². The molecule has 0 aromatic rings. The van der Waals surface area contributed by atoms with Crippen molar-refractivity contribution in [1.82, 2.24) is 0 Å². The molecule has 0 saturated heterocycles. The van der Waals surface area contributed by atoms with E-state index in [1.54, 1.807) is 13.0 Å². The molecular formula is C9H13F. The van der Waals surface area contributed by atoms with E-state index in [1.165, 1.54) is 6.08 Å². The topological polar surface area (TPSA) is 0 Å². The van der Waals surface area contributed by atoms with Crippen LogP contribution >= 0.6 is 0 Å². The standard InChI is InChI=1S/C9H13F/c1-5-9(10)8(4)6-7(2)3/h5-6H,1H2,2-4H3. The van der Waals surface area contributed by atoms with Crippen molar-refractivity contribution in [2.24, 2.45) is 0 Å². The van der Waals surface area contributed by atoms with Gasteiger partial charge in [-0.05, 0) is 32.4 Å². The van der Waals surface area contributed by atoms with Crippen molar-refractivity contribution in [3.05, 3.63) is 35.7 Å². The van der Waals surface area contributed by atoms with Crippen molar-refractivity contribution in [3.8, 4) is 0 Å². The van der Waals surface area contributed by atoms with Crippen molar-refractivity contribution >= 4 is 0 Å². The second-order valence-electron chi connectivity index (χ2n) is 2.46. The van der Waals surface area contributed by atoms with Crippen LogP contribution in [0.5, 0.6) is 0 Å². The maximum Gasteiger partial charge on any atom is 0.125 e. The van der Waals surface area contributed by atoms with Gasteiger partial charge >= 0.3 is 0 Å². The first kappa shape index (κ1) is 9.15. The van der Waals surface area contributed by atoms with Crippen LogP contribution in [0.1, 0.15) is 20.8 Å². The van der Waals surface area contributed by atoms with Crippen LogP contribution in [-0.2, 0) is 0 Å². The Kier molecular flexibility index (Phi) is 3.70. The summed E-state index contributed by atoms with van der Waals surface area (Å²) < 4.78 is 12.6. The predicted molar refractivity (Wildman–Crippen MR) is 43.4 cm³/mol. The maximum absolute atomic E-state index is 12.6. The molecule has 0 fully saturated rings. The van der Waals surface area contributed by atoms with Gasteiger partial charge in [0.2, 0.25) is 0 Å². The monoisotopic (exact) mass is 140 g/mol. The van der Waals surface area contributed by atoms with Crippen molar-refractivity contribution in [2.75, 3.05) is 0 Å². The molecule has 0 saturated carbocycles. The van der Waals surface area contributed by atoms with Crippen LogP contribution in [0.25, 0.3) is 0 Å². The zero-order valence-electron chi connectivity index (χ0n) is 6.74. The second kappa shape index (κ2) is 4.04. The Labute approximate surface area is 61.8 Å². The van der Waals surface area contributed by atoms with Crippen molar-refractivity contribution in [3.63, 3.8) is 0 Å². The highest BCUT2D eigenvalue weighted by Gasteiger charge is 1.91. The third-order valence-corrected chi connectivity index (χ3v) is 1.06. The lowest BCUT2D eigenvalue weighted by Crippen LogP contribution is -1.74. The fourth-order valence-electron chi connectivity index (χ4n) is 0.663. The minimum absolute atomic E-state index is 0.249. The fourth-order valence-corrected chi connectivity index (χ4v) is 0.663. The average Bonchev–Trinajstić information content (AvgIpc) is 1.85. The first-order valence-corrected chi connectivity index (χ1v) is 3.21. The van der Waals surface area contributed by atoms with Gasteiger partial charge in [-0.15, -0.1) is 0 Å². The van der Waals surface area contributed by atoms with E-state index < -0.39 is 0 Å². The fraction of sp³-hybridized carbons (Fsp3) is 0.333. The molecule has 0 radical (unpaired) electrons. The Bertz CT molecular complexity index is 181. The molecule has 0 amide bonds. The third kappa shape index (κ3) is 3.23. The normalized spacial score (nSPS) is 12.0. The summed E-state index contributed by atoms with van der Waals surface area (Å²) in [6, 6.07) is 0. The van der Waals surface area contributed by atoms with Gasteiger partial charge in [-0.2, -0.15) is 0 Å². The van der Waals surface area contributed by atoms with Crippen molar-refractivity contribution < 1.29 is 4.39 Å². The predicted octanol–water partition coefficient (Wildman–Crippen LogP) is 3.38. The largest absolute Gasteiger partial charge is 0.207 e.